The molecular formula is C22H31N7O. The highest BCUT2D eigenvalue weighted by Gasteiger charge is 2.19. The van der Waals surface area contributed by atoms with Crippen molar-refractivity contribution in [2.45, 2.75) is 58.5 Å². The molecule has 3 aromatic rings. The van der Waals surface area contributed by atoms with Crippen LogP contribution in [0.1, 0.15) is 56.2 Å². The molecule has 0 saturated carbocycles. The molecule has 160 valence electrons. The van der Waals surface area contributed by atoms with Gasteiger partial charge in [0.2, 0.25) is 11.9 Å². The number of nitrogens with one attached hydrogen (secondary N) is 2. The zero-order chi connectivity index (χ0) is 21.1. The van der Waals surface area contributed by atoms with Crippen LogP contribution in [0.25, 0.3) is 5.65 Å². The largest absolute Gasteiger partial charge is 0.399 e. The maximum atomic E-state index is 6.02. The molecule has 30 heavy (non-hydrogen) atoms. The Labute approximate surface area is 177 Å². The fourth-order valence-corrected chi connectivity index (χ4v) is 3.83. The summed E-state index contributed by atoms with van der Waals surface area (Å²) in [7, 11) is 0. The van der Waals surface area contributed by atoms with E-state index in [-0.39, 0.29) is 0 Å². The second kappa shape index (κ2) is 8.87. The number of rotatable bonds is 7. The Morgan fingerprint density at radius 3 is 2.73 bits per heavy atom. The van der Waals surface area contributed by atoms with Crippen LogP contribution in [0.5, 0.6) is 0 Å². The standard InChI is InChI=1S/C22H31N7O/c1-4-15-5-6-17(23)11-16(15)12-24-22-28-21(26-18-7-9-30-10-8-18)27-20-19(14(2)3)13-25-29(20)22/h5-6,11,13-14,18H,4,7-10,12,23H2,1-3H3,(H2,24,26,27,28). The first-order valence-corrected chi connectivity index (χ1v) is 10.8. The van der Waals surface area contributed by atoms with Gasteiger partial charge in [0.15, 0.2) is 5.65 Å². The number of hydrogen-bond donors (Lipinski definition) is 3. The van der Waals surface area contributed by atoms with Gasteiger partial charge < -0.3 is 21.1 Å². The van der Waals surface area contributed by atoms with Crippen LogP contribution in [0.15, 0.2) is 24.4 Å². The summed E-state index contributed by atoms with van der Waals surface area (Å²) in [6, 6.07) is 6.38. The summed E-state index contributed by atoms with van der Waals surface area (Å²) in [5.74, 6) is 1.62. The molecule has 0 spiro atoms. The van der Waals surface area contributed by atoms with Crippen LogP contribution >= 0.6 is 0 Å². The normalized spacial score (nSPS) is 15.1. The molecule has 0 aliphatic carbocycles. The topological polar surface area (TPSA) is 102 Å². The molecule has 1 aliphatic heterocycles. The minimum atomic E-state index is 0.320. The summed E-state index contributed by atoms with van der Waals surface area (Å²) >= 11 is 0. The summed E-state index contributed by atoms with van der Waals surface area (Å²) in [6.45, 7) is 8.61. The monoisotopic (exact) mass is 409 g/mol. The predicted molar refractivity (Wildman–Crippen MR) is 120 cm³/mol. The number of hydrogen-bond acceptors (Lipinski definition) is 7. The molecule has 1 fully saturated rings. The third-order valence-electron chi connectivity index (χ3n) is 5.62. The Morgan fingerprint density at radius 2 is 2.00 bits per heavy atom. The van der Waals surface area contributed by atoms with Crippen molar-refractivity contribution in [2.75, 3.05) is 29.6 Å². The van der Waals surface area contributed by atoms with E-state index in [1.54, 1.807) is 4.52 Å². The van der Waals surface area contributed by atoms with E-state index in [4.69, 9.17) is 20.4 Å². The van der Waals surface area contributed by atoms with Crippen molar-refractivity contribution in [1.82, 2.24) is 19.6 Å². The number of benzene rings is 1. The molecule has 8 nitrogen and oxygen atoms in total. The molecule has 1 saturated heterocycles. The van der Waals surface area contributed by atoms with Crippen LogP contribution in [0.4, 0.5) is 17.6 Å². The SMILES string of the molecule is CCc1ccc(N)cc1CNc1nc(NC2CCOCC2)nc2c(C(C)C)cnn12. The number of aryl methyl sites for hydroxylation is 1. The summed E-state index contributed by atoms with van der Waals surface area (Å²) in [6.07, 6.45) is 4.75. The second-order valence-electron chi connectivity index (χ2n) is 8.13. The van der Waals surface area contributed by atoms with Crippen molar-refractivity contribution in [1.29, 1.82) is 0 Å². The molecule has 0 unspecified atom stereocenters. The van der Waals surface area contributed by atoms with Crippen LogP contribution in [0.2, 0.25) is 0 Å². The van der Waals surface area contributed by atoms with Gasteiger partial charge in [-0.25, -0.2) is 0 Å². The first-order chi connectivity index (χ1) is 14.5. The van der Waals surface area contributed by atoms with Crippen molar-refractivity contribution in [3.63, 3.8) is 0 Å². The van der Waals surface area contributed by atoms with Crippen molar-refractivity contribution < 1.29 is 4.74 Å². The van der Waals surface area contributed by atoms with E-state index in [2.05, 4.69) is 42.6 Å². The van der Waals surface area contributed by atoms with Crippen molar-refractivity contribution in [3.05, 3.63) is 41.1 Å². The summed E-state index contributed by atoms with van der Waals surface area (Å²) in [5, 5.41) is 11.5. The second-order valence-corrected chi connectivity index (χ2v) is 8.13. The maximum absolute atomic E-state index is 6.02. The van der Waals surface area contributed by atoms with Crippen LogP contribution in [0.3, 0.4) is 0 Å². The average Bonchev–Trinajstić information content (AvgIpc) is 3.17. The van der Waals surface area contributed by atoms with Gasteiger partial charge in [-0.2, -0.15) is 19.6 Å². The molecule has 1 aromatic carbocycles. The van der Waals surface area contributed by atoms with Crippen LogP contribution in [0, 0.1) is 0 Å². The Balaban J connectivity index is 1.66. The van der Waals surface area contributed by atoms with E-state index in [9.17, 15) is 0 Å². The Hall–Kier alpha value is -2.87. The Bertz CT molecular complexity index is 1010. The lowest BCUT2D eigenvalue weighted by Gasteiger charge is -2.23. The van der Waals surface area contributed by atoms with E-state index >= 15 is 0 Å². The number of ether oxygens (including phenoxy) is 1. The van der Waals surface area contributed by atoms with Gasteiger partial charge in [0.1, 0.15) is 0 Å². The molecular weight excluding hydrogens is 378 g/mol. The van der Waals surface area contributed by atoms with Gasteiger partial charge in [-0.1, -0.05) is 26.8 Å². The molecule has 4 N–H and O–H groups in total. The molecule has 3 heterocycles. The van der Waals surface area contributed by atoms with Gasteiger partial charge in [0.05, 0.1) is 6.20 Å². The zero-order valence-electron chi connectivity index (χ0n) is 18.0. The lowest BCUT2D eigenvalue weighted by atomic mass is 10.0. The average molecular weight is 410 g/mol. The fourth-order valence-electron chi connectivity index (χ4n) is 3.83. The molecule has 2 aromatic heterocycles. The molecule has 0 bridgehead atoms. The van der Waals surface area contributed by atoms with E-state index in [0.29, 0.717) is 30.4 Å². The van der Waals surface area contributed by atoms with Gasteiger partial charge in [-0.05, 0) is 48.4 Å². The third-order valence-corrected chi connectivity index (χ3v) is 5.62. The molecule has 0 atom stereocenters. The van der Waals surface area contributed by atoms with E-state index < -0.39 is 0 Å². The van der Waals surface area contributed by atoms with Crippen LogP contribution < -0.4 is 16.4 Å². The van der Waals surface area contributed by atoms with Crippen LogP contribution in [-0.2, 0) is 17.7 Å². The zero-order valence-corrected chi connectivity index (χ0v) is 18.0. The predicted octanol–water partition coefficient (Wildman–Crippen LogP) is 3.60. The third kappa shape index (κ3) is 4.33. The van der Waals surface area contributed by atoms with Gasteiger partial charge in [0.25, 0.3) is 0 Å². The highest BCUT2D eigenvalue weighted by Crippen LogP contribution is 2.24. The van der Waals surface area contributed by atoms with E-state index in [1.807, 2.05) is 18.3 Å². The number of anilines is 3. The highest BCUT2D eigenvalue weighted by molar-refractivity contribution is 5.56. The van der Waals surface area contributed by atoms with Gasteiger partial charge in [-0.3, -0.25) is 0 Å². The number of nitrogens with zero attached hydrogens (tertiary/aromatic N) is 4. The first-order valence-electron chi connectivity index (χ1n) is 10.8. The molecule has 0 amide bonds. The van der Waals surface area contributed by atoms with Gasteiger partial charge in [-0.15, -0.1) is 0 Å². The van der Waals surface area contributed by atoms with Crippen LogP contribution in [-0.4, -0.2) is 38.8 Å². The molecule has 0 radical (unpaired) electrons. The molecule has 1 aliphatic rings. The molecule has 4 rings (SSSR count). The quantitative estimate of drug-likeness (QED) is 0.512. The summed E-state index contributed by atoms with van der Waals surface area (Å²) in [4.78, 5) is 9.55. The first kappa shape index (κ1) is 20.4. The smallest absolute Gasteiger partial charge is 0.229 e. The number of aromatic nitrogens is 4. The number of fused-ring (bicyclic) bond motifs is 1. The minimum absolute atomic E-state index is 0.320. The molecule has 8 heteroatoms. The Morgan fingerprint density at radius 1 is 1.20 bits per heavy atom. The maximum Gasteiger partial charge on any atom is 0.229 e. The fraction of sp³-hybridized carbons (Fsp3) is 0.500. The van der Waals surface area contributed by atoms with E-state index in [0.717, 1.165) is 49.4 Å². The van der Waals surface area contributed by atoms with Crippen molar-refractivity contribution in [2.24, 2.45) is 0 Å². The van der Waals surface area contributed by atoms with E-state index in [1.165, 1.54) is 11.1 Å². The van der Waals surface area contributed by atoms with Crippen molar-refractivity contribution >= 4 is 23.2 Å². The minimum Gasteiger partial charge on any atom is -0.399 e. The summed E-state index contributed by atoms with van der Waals surface area (Å²) < 4.78 is 7.27. The summed E-state index contributed by atoms with van der Waals surface area (Å²) in [5.41, 5.74) is 11.2. The lowest BCUT2D eigenvalue weighted by molar-refractivity contribution is 0.0903. The number of nitrogens with two attached hydrogens (primary N) is 1. The highest BCUT2D eigenvalue weighted by atomic mass is 16.5. The van der Waals surface area contributed by atoms with Gasteiger partial charge in [0, 0.05) is 37.1 Å². The van der Waals surface area contributed by atoms with Gasteiger partial charge >= 0.3 is 0 Å². The number of nitrogen functional groups attached to an aromatic ring is 1. The Kier molecular flexibility index (Phi) is 6.03. The van der Waals surface area contributed by atoms with Crippen molar-refractivity contribution in [3.8, 4) is 0 Å². The lowest BCUT2D eigenvalue weighted by Crippen LogP contribution is -2.29.